The van der Waals surface area contributed by atoms with Crippen molar-refractivity contribution in [3.05, 3.63) is 34.3 Å². The Bertz CT molecular complexity index is 565. The van der Waals surface area contributed by atoms with Gasteiger partial charge < -0.3 is 15.5 Å². The van der Waals surface area contributed by atoms with Gasteiger partial charge in [0.15, 0.2) is 0 Å². The van der Waals surface area contributed by atoms with Crippen LogP contribution in [-0.2, 0) is 4.79 Å². The number of amides is 3. The Balaban J connectivity index is 1.68. The third-order valence-electron chi connectivity index (χ3n) is 4.28. The zero-order chi connectivity index (χ0) is 17.4. The van der Waals surface area contributed by atoms with Crippen molar-refractivity contribution in [2.75, 3.05) is 19.6 Å². The summed E-state index contributed by atoms with van der Waals surface area (Å²) >= 11 is 3.50. The molecule has 1 aromatic carbocycles. The standard InChI is InChI=1S/C18H26BrN3O2/c1-14(15-8-4-5-9-16(15)19)21-18(24)20-11-7-13-22-12-6-2-3-10-17(22)23/h4-5,8-9,14H,2-3,6-7,10-13H2,1H3,(H2,20,21,24). The molecule has 0 aromatic heterocycles. The Morgan fingerprint density at radius 2 is 2.08 bits per heavy atom. The van der Waals surface area contributed by atoms with E-state index in [0.29, 0.717) is 13.0 Å². The summed E-state index contributed by atoms with van der Waals surface area (Å²) in [6.45, 7) is 4.09. The second-order valence-electron chi connectivity index (χ2n) is 6.19. The summed E-state index contributed by atoms with van der Waals surface area (Å²) in [7, 11) is 0. The van der Waals surface area contributed by atoms with Crippen LogP contribution in [0.4, 0.5) is 4.79 Å². The van der Waals surface area contributed by atoms with Gasteiger partial charge in [-0.2, -0.15) is 0 Å². The molecule has 1 aliphatic rings. The SMILES string of the molecule is CC(NC(=O)NCCCN1CCCCCC1=O)c1ccccc1Br. The number of benzene rings is 1. The first kappa shape index (κ1) is 18.8. The highest BCUT2D eigenvalue weighted by molar-refractivity contribution is 9.10. The minimum Gasteiger partial charge on any atom is -0.343 e. The lowest BCUT2D eigenvalue weighted by Gasteiger charge is -2.21. The first-order valence-corrected chi connectivity index (χ1v) is 9.44. The summed E-state index contributed by atoms with van der Waals surface area (Å²) in [5.74, 6) is 0.250. The number of hydrogen-bond acceptors (Lipinski definition) is 2. The van der Waals surface area contributed by atoms with E-state index in [1.807, 2.05) is 36.1 Å². The van der Waals surface area contributed by atoms with Gasteiger partial charge in [-0.25, -0.2) is 4.79 Å². The number of likely N-dealkylation sites (tertiary alicyclic amines) is 1. The summed E-state index contributed by atoms with van der Waals surface area (Å²) in [6.07, 6.45) is 4.67. The first-order valence-electron chi connectivity index (χ1n) is 8.64. The third-order valence-corrected chi connectivity index (χ3v) is 5.00. The lowest BCUT2D eigenvalue weighted by atomic mass is 10.1. The van der Waals surface area contributed by atoms with Crippen molar-refractivity contribution in [3.63, 3.8) is 0 Å². The molecule has 6 heteroatoms. The number of rotatable bonds is 6. The average Bonchev–Trinajstić information content (AvgIpc) is 2.76. The Morgan fingerprint density at radius 3 is 2.88 bits per heavy atom. The van der Waals surface area contributed by atoms with Crippen LogP contribution >= 0.6 is 15.9 Å². The van der Waals surface area contributed by atoms with E-state index in [0.717, 1.165) is 48.8 Å². The molecular formula is C18H26BrN3O2. The van der Waals surface area contributed by atoms with Gasteiger partial charge in [-0.15, -0.1) is 0 Å². The Hall–Kier alpha value is -1.56. The zero-order valence-electron chi connectivity index (χ0n) is 14.2. The number of urea groups is 1. The van der Waals surface area contributed by atoms with E-state index >= 15 is 0 Å². The highest BCUT2D eigenvalue weighted by Gasteiger charge is 2.16. The van der Waals surface area contributed by atoms with Crippen LogP contribution in [0.3, 0.4) is 0 Å². The molecule has 2 N–H and O–H groups in total. The molecule has 5 nitrogen and oxygen atoms in total. The van der Waals surface area contributed by atoms with Crippen molar-refractivity contribution in [3.8, 4) is 0 Å². The molecule has 1 unspecified atom stereocenters. The number of carbonyl (C=O) groups is 2. The maximum Gasteiger partial charge on any atom is 0.315 e. The van der Waals surface area contributed by atoms with Crippen molar-refractivity contribution in [2.45, 2.75) is 45.1 Å². The summed E-state index contributed by atoms with van der Waals surface area (Å²) in [5, 5.41) is 5.80. The number of hydrogen-bond donors (Lipinski definition) is 2. The summed E-state index contributed by atoms with van der Waals surface area (Å²) in [6, 6.07) is 7.59. The monoisotopic (exact) mass is 395 g/mol. The van der Waals surface area contributed by atoms with E-state index in [4.69, 9.17) is 0 Å². The predicted molar refractivity (Wildman–Crippen MR) is 98.8 cm³/mol. The highest BCUT2D eigenvalue weighted by atomic mass is 79.9. The average molecular weight is 396 g/mol. The molecular weight excluding hydrogens is 370 g/mol. The molecule has 1 heterocycles. The van der Waals surface area contributed by atoms with Crippen LogP contribution in [0.5, 0.6) is 0 Å². The number of nitrogens with zero attached hydrogens (tertiary/aromatic N) is 1. The number of carbonyl (C=O) groups excluding carboxylic acids is 2. The van der Waals surface area contributed by atoms with Gasteiger partial charge in [0.2, 0.25) is 5.91 Å². The molecule has 24 heavy (non-hydrogen) atoms. The maximum absolute atomic E-state index is 12.0. The minimum absolute atomic E-state index is 0.0761. The van der Waals surface area contributed by atoms with Crippen LogP contribution in [0.25, 0.3) is 0 Å². The lowest BCUT2D eigenvalue weighted by Crippen LogP contribution is -2.39. The Kier molecular flexibility index (Phi) is 7.56. The van der Waals surface area contributed by atoms with Gasteiger partial charge in [-0.05, 0) is 37.8 Å². The van der Waals surface area contributed by atoms with E-state index in [1.54, 1.807) is 0 Å². The molecule has 1 saturated heterocycles. The molecule has 1 aliphatic heterocycles. The van der Waals surface area contributed by atoms with Gasteiger partial charge in [0, 0.05) is 30.5 Å². The maximum atomic E-state index is 12.0. The molecule has 132 valence electrons. The van der Waals surface area contributed by atoms with Gasteiger partial charge in [-0.1, -0.05) is 40.5 Å². The molecule has 0 bridgehead atoms. The lowest BCUT2D eigenvalue weighted by molar-refractivity contribution is -0.130. The number of nitrogens with one attached hydrogen (secondary N) is 2. The molecule has 1 atom stereocenters. The molecule has 1 fully saturated rings. The van der Waals surface area contributed by atoms with E-state index < -0.39 is 0 Å². The fraction of sp³-hybridized carbons (Fsp3) is 0.556. The van der Waals surface area contributed by atoms with Gasteiger partial charge >= 0.3 is 6.03 Å². The fourth-order valence-corrected chi connectivity index (χ4v) is 3.53. The molecule has 0 spiro atoms. The van der Waals surface area contributed by atoms with Crippen molar-refractivity contribution in [1.82, 2.24) is 15.5 Å². The van der Waals surface area contributed by atoms with Gasteiger partial charge in [0.05, 0.1) is 6.04 Å². The van der Waals surface area contributed by atoms with Gasteiger partial charge in [-0.3, -0.25) is 4.79 Å². The molecule has 3 amide bonds. The summed E-state index contributed by atoms with van der Waals surface area (Å²) in [5.41, 5.74) is 1.04. The number of halogens is 1. The van der Waals surface area contributed by atoms with Gasteiger partial charge in [0.1, 0.15) is 0 Å². The molecule has 0 aliphatic carbocycles. The second-order valence-corrected chi connectivity index (χ2v) is 7.04. The first-order chi connectivity index (χ1) is 11.6. The summed E-state index contributed by atoms with van der Waals surface area (Å²) in [4.78, 5) is 25.8. The van der Waals surface area contributed by atoms with E-state index in [9.17, 15) is 9.59 Å². The fourth-order valence-electron chi connectivity index (χ4n) is 2.90. The third kappa shape index (κ3) is 5.82. The second kappa shape index (κ2) is 9.67. The van der Waals surface area contributed by atoms with E-state index in [-0.39, 0.29) is 18.0 Å². The normalized spacial score (nSPS) is 16.4. The van der Waals surface area contributed by atoms with Crippen molar-refractivity contribution in [2.24, 2.45) is 0 Å². The van der Waals surface area contributed by atoms with Crippen LogP contribution in [0.1, 0.15) is 50.6 Å². The highest BCUT2D eigenvalue weighted by Crippen LogP contribution is 2.22. The van der Waals surface area contributed by atoms with E-state index in [2.05, 4.69) is 26.6 Å². The zero-order valence-corrected chi connectivity index (χ0v) is 15.8. The van der Waals surface area contributed by atoms with E-state index in [1.165, 1.54) is 0 Å². The topological polar surface area (TPSA) is 61.4 Å². The van der Waals surface area contributed by atoms with Crippen LogP contribution in [0.15, 0.2) is 28.7 Å². The summed E-state index contributed by atoms with van der Waals surface area (Å²) < 4.78 is 0.984. The predicted octanol–water partition coefficient (Wildman–Crippen LogP) is 3.60. The van der Waals surface area contributed by atoms with Crippen LogP contribution in [-0.4, -0.2) is 36.5 Å². The smallest absolute Gasteiger partial charge is 0.315 e. The molecule has 0 radical (unpaired) electrons. The molecule has 0 saturated carbocycles. The van der Waals surface area contributed by atoms with Crippen LogP contribution < -0.4 is 10.6 Å². The van der Waals surface area contributed by atoms with Crippen LogP contribution in [0.2, 0.25) is 0 Å². The quantitative estimate of drug-likeness (QED) is 0.722. The van der Waals surface area contributed by atoms with Gasteiger partial charge in [0.25, 0.3) is 0 Å². The Labute approximate surface area is 152 Å². The van der Waals surface area contributed by atoms with Crippen LogP contribution in [0, 0.1) is 0 Å². The molecule has 2 rings (SSSR count). The Morgan fingerprint density at radius 1 is 1.29 bits per heavy atom. The van der Waals surface area contributed by atoms with Crippen molar-refractivity contribution in [1.29, 1.82) is 0 Å². The van der Waals surface area contributed by atoms with Crippen molar-refractivity contribution >= 4 is 27.9 Å². The van der Waals surface area contributed by atoms with Crippen molar-refractivity contribution < 1.29 is 9.59 Å². The largest absolute Gasteiger partial charge is 0.343 e. The molecule has 1 aromatic rings. The minimum atomic E-state index is -0.180.